The van der Waals surface area contributed by atoms with Crippen LogP contribution in [0.1, 0.15) is 20.3 Å². The van der Waals surface area contributed by atoms with Crippen LogP contribution in [0.2, 0.25) is 5.02 Å². The molecule has 0 saturated heterocycles. The van der Waals surface area contributed by atoms with Gasteiger partial charge in [0.15, 0.2) is 0 Å². The summed E-state index contributed by atoms with van der Waals surface area (Å²) in [6, 6.07) is 9.40. The predicted octanol–water partition coefficient (Wildman–Crippen LogP) is 3.69. The van der Waals surface area contributed by atoms with Gasteiger partial charge in [-0.05, 0) is 37.1 Å². The second-order valence-corrected chi connectivity index (χ2v) is 7.37. The third kappa shape index (κ3) is 3.91. The van der Waals surface area contributed by atoms with E-state index in [-0.39, 0.29) is 24.1 Å². The van der Waals surface area contributed by atoms with Crippen LogP contribution in [-0.2, 0) is 11.3 Å². The summed E-state index contributed by atoms with van der Waals surface area (Å²) >= 11 is 7.29. The van der Waals surface area contributed by atoms with Gasteiger partial charge in [0.1, 0.15) is 11.2 Å². The minimum Gasteiger partial charge on any atom is -0.352 e. The van der Waals surface area contributed by atoms with Gasteiger partial charge in [0.2, 0.25) is 5.91 Å². The van der Waals surface area contributed by atoms with Crippen LogP contribution in [0.15, 0.2) is 41.5 Å². The van der Waals surface area contributed by atoms with E-state index in [0.717, 1.165) is 16.9 Å². The third-order valence-electron chi connectivity index (χ3n) is 3.97. The van der Waals surface area contributed by atoms with Crippen molar-refractivity contribution < 1.29 is 4.79 Å². The first-order valence-corrected chi connectivity index (χ1v) is 9.21. The number of halogens is 1. The summed E-state index contributed by atoms with van der Waals surface area (Å²) in [6.07, 6.45) is 2.27. The van der Waals surface area contributed by atoms with Crippen LogP contribution >= 0.6 is 22.9 Å². The lowest BCUT2D eigenvalue weighted by Crippen LogP contribution is -2.37. The summed E-state index contributed by atoms with van der Waals surface area (Å²) in [5, 5.41) is 3.52. The Morgan fingerprint density at radius 2 is 2.08 bits per heavy atom. The molecule has 0 bridgehead atoms. The standard InChI is InChI=1S/C18H18ClN3O2S/c1-3-11(2)21-16(23)9-22-10-20-14-8-15(25-17(14)18(22)24)12-4-6-13(19)7-5-12/h4-8,10-11H,3,9H2,1-2H3,(H,21,23). The van der Waals surface area contributed by atoms with Gasteiger partial charge in [-0.2, -0.15) is 0 Å². The lowest BCUT2D eigenvalue weighted by atomic mass is 10.2. The van der Waals surface area contributed by atoms with E-state index in [2.05, 4.69) is 10.3 Å². The van der Waals surface area contributed by atoms with Gasteiger partial charge in [-0.3, -0.25) is 14.2 Å². The van der Waals surface area contributed by atoms with Crippen LogP contribution in [-0.4, -0.2) is 21.5 Å². The fourth-order valence-electron chi connectivity index (χ4n) is 2.39. The molecule has 0 aliphatic carbocycles. The second-order valence-electron chi connectivity index (χ2n) is 5.89. The summed E-state index contributed by atoms with van der Waals surface area (Å²) in [5.41, 5.74) is 1.42. The highest BCUT2D eigenvalue weighted by atomic mass is 35.5. The molecule has 2 aromatic heterocycles. The average molecular weight is 376 g/mol. The fraction of sp³-hybridized carbons (Fsp3) is 0.278. The predicted molar refractivity (Wildman–Crippen MR) is 102 cm³/mol. The Kier molecular flexibility index (Phi) is 5.20. The molecule has 1 N–H and O–H groups in total. The molecular formula is C18H18ClN3O2S. The normalized spacial score (nSPS) is 12.3. The van der Waals surface area contributed by atoms with Gasteiger partial charge in [0, 0.05) is 15.9 Å². The van der Waals surface area contributed by atoms with Crippen molar-refractivity contribution in [1.29, 1.82) is 0 Å². The van der Waals surface area contributed by atoms with Crippen LogP contribution in [0.4, 0.5) is 0 Å². The number of aromatic nitrogens is 2. The van der Waals surface area contributed by atoms with Crippen molar-refractivity contribution in [2.45, 2.75) is 32.9 Å². The van der Waals surface area contributed by atoms with Crippen molar-refractivity contribution in [3.63, 3.8) is 0 Å². The largest absolute Gasteiger partial charge is 0.352 e. The zero-order valence-electron chi connectivity index (χ0n) is 14.0. The fourth-order valence-corrected chi connectivity index (χ4v) is 3.58. The maximum atomic E-state index is 12.7. The van der Waals surface area contributed by atoms with E-state index in [4.69, 9.17) is 11.6 Å². The van der Waals surface area contributed by atoms with Gasteiger partial charge in [0.25, 0.3) is 5.56 Å². The summed E-state index contributed by atoms with van der Waals surface area (Å²) in [6.45, 7) is 3.90. The molecule has 1 unspecified atom stereocenters. The first kappa shape index (κ1) is 17.6. The van der Waals surface area contributed by atoms with Gasteiger partial charge in [-0.1, -0.05) is 30.7 Å². The molecule has 2 heterocycles. The summed E-state index contributed by atoms with van der Waals surface area (Å²) in [5.74, 6) is -0.188. The van der Waals surface area contributed by atoms with Crippen LogP contribution in [0.3, 0.4) is 0 Å². The molecule has 0 spiro atoms. The Morgan fingerprint density at radius 3 is 2.76 bits per heavy atom. The van der Waals surface area contributed by atoms with Crippen molar-refractivity contribution in [3.8, 4) is 10.4 Å². The Labute approximate surface area is 154 Å². The Balaban J connectivity index is 1.91. The topological polar surface area (TPSA) is 64.0 Å². The van der Waals surface area contributed by atoms with E-state index in [0.29, 0.717) is 15.2 Å². The molecule has 0 radical (unpaired) electrons. The average Bonchev–Trinajstić information content (AvgIpc) is 3.03. The van der Waals surface area contributed by atoms with Crippen molar-refractivity contribution in [2.24, 2.45) is 0 Å². The summed E-state index contributed by atoms with van der Waals surface area (Å²) < 4.78 is 1.89. The van der Waals surface area contributed by atoms with Crippen molar-refractivity contribution in [2.75, 3.05) is 0 Å². The molecule has 1 amide bonds. The first-order chi connectivity index (χ1) is 12.0. The van der Waals surface area contributed by atoms with E-state index in [1.54, 1.807) is 0 Å². The van der Waals surface area contributed by atoms with E-state index in [1.165, 1.54) is 22.2 Å². The number of rotatable bonds is 5. The van der Waals surface area contributed by atoms with E-state index in [9.17, 15) is 9.59 Å². The van der Waals surface area contributed by atoms with E-state index < -0.39 is 0 Å². The maximum Gasteiger partial charge on any atom is 0.271 e. The number of hydrogen-bond donors (Lipinski definition) is 1. The van der Waals surface area contributed by atoms with E-state index in [1.807, 2.05) is 44.2 Å². The van der Waals surface area contributed by atoms with Crippen molar-refractivity contribution >= 4 is 39.1 Å². The SMILES string of the molecule is CCC(C)NC(=O)Cn1cnc2cc(-c3ccc(Cl)cc3)sc2c1=O. The number of benzene rings is 1. The van der Waals surface area contributed by atoms with Crippen LogP contribution in [0.5, 0.6) is 0 Å². The monoisotopic (exact) mass is 375 g/mol. The summed E-state index contributed by atoms with van der Waals surface area (Å²) in [4.78, 5) is 29.9. The smallest absolute Gasteiger partial charge is 0.271 e. The van der Waals surface area contributed by atoms with Crippen molar-refractivity contribution in [1.82, 2.24) is 14.9 Å². The number of amides is 1. The highest BCUT2D eigenvalue weighted by Crippen LogP contribution is 2.31. The molecule has 7 heteroatoms. The first-order valence-electron chi connectivity index (χ1n) is 8.02. The number of nitrogens with one attached hydrogen (secondary N) is 1. The minimum absolute atomic E-state index is 0.0275. The Morgan fingerprint density at radius 1 is 1.36 bits per heavy atom. The molecule has 0 fully saturated rings. The maximum absolute atomic E-state index is 12.7. The zero-order valence-corrected chi connectivity index (χ0v) is 15.5. The zero-order chi connectivity index (χ0) is 18.0. The Hall–Kier alpha value is -2.18. The number of hydrogen-bond acceptors (Lipinski definition) is 4. The van der Waals surface area contributed by atoms with Gasteiger partial charge in [0.05, 0.1) is 11.8 Å². The number of carbonyl (C=O) groups is 1. The number of carbonyl (C=O) groups excluding carboxylic acids is 1. The quantitative estimate of drug-likeness (QED) is 0.739. The molecular weight excluding hydrogens is 358 g/mol. The van der Waals surface area contributed by atoms with Crippen LogP contribution in [0, 0.1) is 0 Å². The number of nitrogens with zero attached hydrogens (tertiary/aromatic N) is 2. The van der Waals surface area contributed by atoms with E-state index >= 15 is 0 Å². The molecule has 1 aromatic carbocycles. The Bertz CT molecular complexity index is 963. The minimum atomic E-state index is -0.200. The molecule has 3 aromatic rings. The molecule has 1 atom stereocenters. The molecule has 0 aliphatic rings. The van der Waals surface area contributed by atoms with Gasteiger partial charge in [-0.25, -0.2) is 4.98 Å². The van der Waals surface area contributed by atoms with Gasteiger partial charge < -0.3 is 5.32 Å². The van der Waals surface area contributed by atoms with Crippen molar-refractivity contribution in [3.05, 3.63) is 52.0 Å². The lowest BCUT2D eigenvalue weighted by Gasteiger charge is -2.11. The highest BCUT2D eigenvalue weighted by molar-refractivity contribution is 7.22. The number of thiophene rings is 1. The summed E-state index contributed by atoms with van der Waals surface area (Å²) in [7, 11) is 0. The van der Waals surface area contributed by atoms with Crippen LogP contribution < -0.4 is 10.9 Å². The molecule has 3 rings (SSSR count). The third-order valence-corrected chi connectivity index (χ3v) is 5.38. The molecule has 25 heavy (non-hydrogen) atoms. The number of fused-ring (bicyclic) bond motifs is 1. The highest BCUT2D eigenvalue weighted by Gasteiger charge is 2.13. The molecule has 5 nitrogen and oxygen atoms in total. The van der Waals surface area contributed by atoms with Gasteiger partial charge in [-0.15, -0.1) is 11.3 Å². The molecule has 0 aliphatic heterocycles. The van der Waals surface area contributed by atoms with Crippen LogP contribution in [0.25, 0.3) is 20.7 Å². The second kappa shape index (κ2) is 7.37. The molecule has 0 saturated carbocycles. The van der Waals surface area contributed by atoms with Gasteiger partial charge >= 0.3 is 0 Å². The molecule has 130 valence electrons. The lowest BCUT2D eigenvalue weighted by molar-refractivity contribution is -0.122.